The Bertz CT molecular complexity index is 440. The van der Waals surface area contributed by atoms with Crippen LogP contribution >= 0.6 is 0 Å². The second-order valence-corrected chi connectivity index (χ2v) is 6.72. The third-order valence-electron chi connectivity index (χ3n) is 4.76. The maximum absolute atomic E-state index is 6.18. The zero-order chi connectivity index (χ0) is 14.7. The van der Waals surface area contributed by atoms with E-state index in [-0.39, 0.29) is 0 Å². The van der Waals surface area contributed by atoms with Crippen LogP contribution in [0, 0.1) is 11.8 Å². The molecule has 116 valence electrons. The van der Waals surface area contributed by atoms with Crippen LogP contribution in [0.1, 0.15) is 42.9 Å². The zero-order valence-electron chi connectivity index (χ0n) is 13.1. The molecule has 0 bridgehead atoms. The van der Waals surface area contributed by atoms with Gasteiger partial charge in [-0.05, 0) is 48.6 Å². The van der Waals surface area contributed by atoms with Crippen molar-refractivity contribution >= 4 is 0 Å². The average Bonchev–Trinajstić information content (AvgIpc) is 3.38. The monoisotopic (exact) mass is 288 g/mol. The second kappa shape index (κ2) is 6.91. The summed E-state index contributed by atoms with van der Waals surface area (Å²) in [6, 6.07) is 8.98. The minimum absolute atomic E-state index is 0.345. The smallest absolute Gasteiger partial charge is 0.0716 e. The summed E-state index contributed by atoms with van der Waals surface area (Å²) in [6.45, 7) is 3.81. The van der Waals surface area contributed by atoms with Crippen molar-refractivity contribution in [3.05, 3.63) is 35.4 Å². The Labute approximate surface area is 128 Å². The van der Waals surface area contributed by atoms with E-state index in [1.165, 1.54) is 49.9 Å². The van der Waals surface area contributed by atoms with Crippen LogP contribution in [0.2, 0.25) is 0 Å². The van der Waals surface area contributed by atoms with Crippen molar-refractivity contribution in [3.8, 4) is 0 Å². The van der Waals surface area contributed by atoms with Crippen LogP contribution in [0.5, 0.6) is 0 Å². The summed E-state index contributed by atoms with van der Waals surface area (Å²) >= 11 is 0. The molecule has 0 amide bonds. The predicted octanol–water partition coefficient (Wildman–Crippen LogP) is 2.95. The van der Waals surface area contributed by atoms with Gasteiger partial charge in [0.25, 0.3) is 0 Å². The number of benzene rings is 1. The van der Waals surface area contributed by atoms with E-state index in [4.69, 9.17) is 10.5 Å². The summed E-state index contributed by atoms with van der Waals surface area (Å²) < 4.78 is 5.37. The Morgan fingerprint density at radius 2 is 1.76 bits per heavy atom. The molecule has 0 aliphatic heterocycles. The SMILES string of the molecule is COCc1ccccc1C(CN)N(CC1CC1)CC1CC1. The highest BCUT2D eigenvalue weighted by molar-refractivity contribution is 5.30. The topological polar surface area (TPSA) is 38.5 Å². The molecule has 0 radical (unpaired) electrons. The molecule has 0 saturated heterocycles. The zero-order valence-corrected chi connectivity index (χ0v) is 13.1. The Kier molecular flexibility index (Phi) is 4.94. The fourth-order valence-electron chi connectivity index (χ4n) is 3.21. The summed E-state index contributed by atoms with van der Waals surface area (Å²) in [5.41, 5.74) is 8.83. The number of methoxy groups -OCH3 is 1. The Morgan fingerprint density at radius 3 is 2.29 bits per heavy atom. The third kappa shape index (κ3) is 4.06. The molecule has 2 aliphatic rings. The van der Waals surface area contributed by atoms with Gasteiger partial charge in [0.2, 0.25) is 0 Å². The molecule has 0 heterocycles. The first-order valence-corrected chi connectivity index (χ1v) is 8.32. The maximum Gasteiger partial charge on any atom is 0.0716 e. The number of hydrogen-bond acceptors (Lipinski definition) is 3. The van der Waals surface area contributed by atoms with Crippen LogP contribution in [0.25, 0.3) is 0 Å². The molecule has 0 aromatic heterocycles. The summed E-state index contributed by atoms with van der Waals surface area (Å²) in [6.07, 6.45) is 5.60. The average molecular weight is 288 g/mol. The molecular formula is C18H28N2O. The number of hydrogen-bond donors (Lipinski definition) is 1. The Hall–Kier alpha value is -0.900. The van der Waals surface area contributed by atoms with Gasteiger partial charge in [-0.25, -0.2) is 0 Å². The summed E-state index contributed by atoms with van der Waals surface area (Å²) in [5, 5.41) is 0. The van der Waals surface area contributed by atoms with E-state index in [1.54, 1.807) is 7.11 Å². The molecule has 2 saturated carbocycles. The minimum Gasteiger partial charge on any atom is -0.380 e. The van der Waals surface area contributed by atoms with Crippen molar-refractivity contribution in [3.63, 3.8) is 0 Å². The van der Waals surface area contributed by atoms with E-state index in [0.29, 0.717) is 19.2 Å². The van der Waals surface area contributed by atoms with E-state index in [1.807, 2.05) is 0 Å². The summed E-state index contributed by atoms with van der Waals surface area (Å²) in [7, 11) is 1.76. The Balaban J connectivity index is 1.79. The minimum atomic E-state index is 0.345. The van der Waals surface area contributed by atoms with Gasteiger partial charge in [0.05, 0.1) is 6.61 Å². The molecule has 2 fully saturated rings. The molecule has 1 unspecified atom stereocenters. The third-order valence-corrected chi connectivity index (χ3v) is 4.76. The molecule has 0 spiro atoms. The molecule has 3 heteroatoms. The molecule has 1 aromatic rings. The van der Waals surface area contributed by atoms with Gasteiger partial charge in [-0.15, -0.1) is 0 Å². The van der Waals surface area contributed by atoms with Gasteiger partial charge in [0.15, 0.2) is 0 Å². The number of nitrogens with two attached hydrogens (primary N) is 1. The van der Waals surface area contributed by atoms with Crippen molar-refractivity contribution < 1.29 is 4.74 Å². The lowest BCUT2D eigenvalue weighted by molar-refractivity contribution is 0.168. The maximum atomic E-state index is 6.18. The molecule has 1 aromatic carbocycles. The molecule has 21 heavy (non-hydrogen) atoms. The van der Waals surface area contributed by atoms with Crippen LogP contribution in [-0.2, 0) is 11.3 Å². The number of rotatable bonds is 9. The fraction of sp³-hybridized carbons (Fsp3) is 0.667. The van der Waals surface area contributed by atoms with Crippen molar-refractivity contribution in [2.24, 2.45) is 17.6 Å². The second-order valence-electron chi connectivity index (χ2n) is 6.72. The summed E-state index contributed by atoms with van der Waals surface area (Å²) in [4.78, 5) is 2.66. The highest BCUT2D eigenvalue weighted by atomic mass is 16.5. The number of ether oxygens (including phenoxy) is 1. The van der Waals surface area contributed by atoms with Gasteiger partial charge >= 0.3 is 0 Å². The first-order valence-electron chi connectivity index (χ1n) is 8.32. The molecule has 3 nitrogen and oxygen atoms in total. The van der Waals surface area contributed by atoms with Crippen LogP contribution in [0.3, 0.4) is 0 Å². The van der Waals surface area contributed by atoms with E-state index in [9.17, 15) is 0 Å². The Morgan fingerprint density at radius 1 is 1.14 bits per heavy atom. The highest BCUT2D eigenvalue weighted by Gasteiger charge is 2.33. The van der Waals surface area contributed by atoms with Gasteiger partial charge in [0, 0.05) is 32.8 Å². The van der Waals surface area contributed by atoms with E-state index >= 15 is 0 Å². The van der Waals surface area contributed by atoms with E-state index in [2.05, 4.69) is 29.2 Å². The lowest BCUT2D eigenvalue weighted by Gasteiger charge is -2.32. The van der Waals surface area contributed by atoms with Gasteiger partial charge < -0.3 is 10.5 Å². The molecular weight excluding hydrogens is 260 g/mol. The highest BCUT2D eigenvalue weighted by Crippen LogP contribution is 2.37. The first-order chi connectivity index (χ1) is 10.3. The van der Waals surface area contributed by atoms with Crippen LogP contribution < -0.4 is 5.73 Å². The molecule has 2 aliphatic carbocycles. The fourth-order valence-corrected chi connectivity index (χ4v) is 3.21. The molecule has 3 rings (SSSR count). The van der Waals surface area contributed by atoms with Gasteiger partial charge in [-0.2, -0.15) is 0 Å². The van der Waals surface area contributed by atoms with Crippen LogP contribution in [0.4, 0.5) is 0 Å². The van der Waals surface area contributed by atoms with Crippen molar-refractivity contribution in [1.29, 1.82) is 0 Å². The largest absolute Gasteiger partial charge is 0.380 e. The quantitative estimate of drug-likeness (QED) is 0.759. The van der Waals surface area contributed by atoms with Crippen LogP contribution in [0.15, 0.2) is 24.3 Å². The van der Waals surface area contributed by atoms with Gasteiger partial charge in [0.1, 0.15) is 0 Å². The van der Waals surface area contributed by atoms with Gasteiger partial charge in [-0.1, -0.05) is 24.3 Å². The first kappa shape index (κ1) is 15.0. The summed E-state index contributed by atoms with van der Waals surface area (Å²) in [5.74, 6) is 1.82. The lowest BCUT2D eigenvalue weighted by Crippen LogP contribution is -2.37. The molecule has 1 atom stereocenters. The normalized spacial score (nSPS) is 20.0. The standard InChI is InChI=1S/C18H28N2O/c1-21-13-16-4-2-3-5-17(16)18(10-19)20(11-14-6-7-14)12-15-8-9-15/h2-5,14-15,18H,6-13,19H2,1H3. The van der Waals surface area contributed by atoms with E-state index in [0.717, 1.165) is 11.8 Å². The van der Waals surface area contributed by atoms with Gasteiger partial charge in [-0.3, -0.25) is 4.90 Å². The van der Waals surface area contributed by atoms with Crippen molar-refractivity contribution in [1.82, 2.24) is 4.90 Å². The molecule has 2 N–H and O–H groups in total. The predicted molar refractivity (Wildman–Crippen MR) is 86.0 cm³/mol. The van der Waals surface area contributed by atoms with E-state index < -0.39 is 0 Å². The number of nitrogens with zero attached hydrogens (tertiary/aromatic N) is 1. The lowest BCUT2D eigenvalue weighted by atomic mass is 9.98. The van der Waals surface area contributed by atoms with Crippen molar-refractivity contribution in [2.45, 2.75) is 38.3 Å². The van der Waals surface area contributed by atoms with Crippen molar-refractivity contribution in [2.75, 3.05) is 26.7 Å². The van der Waals surface area contributed by atoms with Crippen LogP contribution in [-0.4, -0.2) is 31.6 Å².